The van der Waals surface area contributed by atoms with Crippen LogP contribution in [-0.4, -0.2) is 34.2 Å². The minimum Gasteiger partial charge on any atom is -0.504 e. The molecule has 6 heteroatoms. The zero-order valence-electron chi connectivity index (χ0n) is 12.9. The van der Waals surface area contributed by atoms with Gasteiger partial charge in [-0.1, -0.05) is 29.8 Å². The molecule has 0 saturated heterocycles. The average Bonchev–Trinajstić information content (AvgIpc) is 2.52. The van der Waals surface area contributed by atoms with Crippen LogP contribution in [0.1, 0.15) is 11.1 Å². The van der Waals surface area contributed by atoms with E-state index in [2.05, 4.69) is 17.9 Å². The van der Waals surface area contributed by atoms with Gasteiger partial charge in [-0.25, -0.2) is 0 Å². The van der Waals surface area contributed by atoms with Gasteiger partial charge in [0.2, 0.25) is 0 Å². The summed E-state index contributed by atoms with van der Waals surface area (Å²) in [4.78, 5) is 2.01. The second kappa shape index (κ2) is 8.45. The highest BCUT2D eigenvalue weighted by molar-refractivity contribution is 7.80. The third-order valence-electron chi connectivity index (χ3n) is 3.54. The Morgan fingerprint density at radius 1 is 1.09 bits per heavy atom. The summed E-state index contributed by atoms with van der Waals surface area (Å²) >= 11 is 10.4. The number of aromatic hydroxyl groups is 2. The maximum Gasteiger partial charge on any atom is 0.157 e. The van der Waals surface area contributed by atoms with Crippen molar-refractivity contribution in [3.8, 4) is 11.5 Å². The lowest BCUT2D eigenvalue weighted by atomic mass is 10.1. The van der Waals surface area contributed by atoms with Gasteiger partial charge in [0.25, 0.3) is 0 Å². The van der Waals surface area contributed by atoms with Gasteiger partial charge >= 0.3 is 0 Å². The molecule has 0 saturated carbocycles. The fourth-order valence-corrected chi connectivity index (χ4v) is 2.53. The molecule has 0 aliphatic heterocycles. The number of halogens is 1. The van der Waals surface area contributed by atoms with Crippen molar-refractivity contribution in [3.63, 3.8) is 0 Å². The van der Waals surface area contributed by atoms with E-state index in [1.807, 2.05) is 36.2 Å². The lowest BCUT2D eigenvalue weighted by molar-refractivity contribution is 0.272. The van der Waals surface area contributed by atoms with E-state index in [-0.39, 0.29) is 17.0 Å². The van der Waals surface area contributed by atoms with Crippen LogP contribution in [-0.2, 0) is 13.0 Å². The van der Waals surface area contributed by atoms with E-state index < -0.39 is 0 Å². The highest BCUT2D eigenvalue weighted by atomic mass is 35.5. The summed E-state index contributed by atoms with van der Waals surface area (Å²) < 4.78 is 0. The van der Waals surface area contributed by atoms with Crippen LogP contribution in [0.3, 0.4) is 0 Å². The number of nitrogens with one attached hydrogen (secondary N) is 1. The normalized spacial score (nSPS) is 12.5. The first-order valence-electron chi connectivity index (χ1n) is 7.32. The molecule has 3 N–H and O–H groups in total. The number of thiol groups is 1. The van der Waals surface area contributed by atoms with E-state index in [1.165, 1.54) is 11.6 Å². The lowest BCUT2D eigenvalue weighted by Crippen LogP contribution is -2.39. The quantitative estimate of drug-likeness (QED) is 0.351. The molecule has 2 rings (SSSR count). The number of hydrogen-bond donors (Lipinski definition) is 4. The molecule has 0 fully saturated rings. The average molecular weight is 353 g/mol. The largest absolute Gasteiger partial charge is 0.504 e. The predicted octanol–water partition coefficient (Wildman–Crippen LogP) is 3.23. The number of benzene rings is 2. The molecule has 1 atom stereocenters. The molecule has 0 bridgehead atoms. The zero-order chi connectivity index (χ0) is 16.8. The van der Waals surface area contributed by atoms with E-state index in [4.69, 9.17) is 11.6 Å². The van der Waals surface area contributed by atoms with Crippen LogP contribution in [0.5, 0.6) is 11.5 Å². The van der Waals surface area contributed by atoms with Crippen molar-refractivity contribution >= 4 is 24.2 Å². The first-order chi connectivity index (χ1) is 11.0. The highest BCUT2D eigenvalue weighted by Crippen LogP contribution is 2.25. The van der Waals surface area contributed by atoms with E-state index >= 15 is 0 Å². The van der Waals surface area contributed by atoms with Crippen LogP contribution in [0.4, 0.5) is 0 Å². The first-order valence-corrected chi connectivity index (χ1v) is 8.22. The fraction of sp³-hybridized carbons (Fsp3) is 0.294. The van der Waals surface area contributed by atoms with E-state index in [9.17, 15) is 10.2 Å². The van der Waals surface area contributed by atoms with Gasteiger partial charge in [-0.05, 0) is 48.9 Å². The molecule has 0 aliphatic carbocycles. The molecule has 0 amide bonds. The maximum atomic E-state index is 9.53. The summed E-state index contributed by atoms with van der Waals surface area (Å²) in [7, 11) is 1.94. The van der Waals surface area contributed by atoms with Gasteiger partial charge in [-0.3, -0.25) is 10.2 Å². The van der Waals surface area contributed by atoms with Crippen molar-refractivity contribution in [1.29, 1.82) is 0 Å². The highest BCUT2D eigenvalue weighted by Gasteiger charge is 2.11. The van der Waals surface area contributed by atoms with Crippen molar-refractivity contribution < 1.29 is 10.2 Å². The molecule has 2 aromatic rings. The Kier molecular flexibility index (Phi) is 6.59. The molecule has 0 aliphatic rings. The van der Waals surface area contributed by atoms with Crippen molar-refractivity contribution in [3.05, 3.63) is 58.6 Å². The van der Waals surface area contributed by atoms with Gasteiger partial charge < -0.3 is 10.2 Å². The van der Waals surface area contributed by atoms with Crippen LogP contribution in [0.15, 0.2) is 42.5 Å². The summed E-state index contributed by atoms with van der Waals surface area (Å²) in [5.74, 6) is -0.220. The summed E-state index contributed by atoms with van der Waals surface area (Å²) in [6.45, 7) is 1.40. The molecule has 1 unspecified atom stereocenters. The second-order valence-electron chi connectivity index (χ2n) is 5.44. The Bertz CT molecular complexity index is 637. The summed E-state index contributed by atoms with van der Waals surface area (Å²) in [6, 6.07) is 12.6. The van der Waals surface area contributed by atoms with Gasteiger partial charge in [-0.2, -0.15) is 0 Å². The first kappa shape index (κ1) is 17.9. The molecule has 2 aromatic carbocycles. The third-order valence-corrected chi connectivity index (χ3v) is 4.37. The molecule has 124 valence electrons. The molecular weight excluding hydrogens is 332 g/mol. The summed E-state index contributed by atoms with van der Waals surface area (Å²) in [6.07, 6.45) is 0.891. The molecule has 0 aromatic heterocycles. The number of phenolic OH excluding ortho intramolecular Hbond substituents is 2. The number of rotatable bonds is 7. The second-order valence-corrected chi connectivity index (χ2v) is 6.37. The van der Waals surface area contributed by atoms with Gasteiger partial charge in [0.15, 0.2) is 11.5 Å². The van der Waals surface area contributed by atoms with Crippen LogP contribution < -0.4 is 5.32 Å². The Hall–Kier alpha value is -1.40. The Labute approximate surface area is 147 Å². The van der Waals surface area contributed by atoms with Crippen LogP contribution in [0.25, 0.3) is 0 Å². The van der Waals surface area contributed by atoms with Gasteiger partial charge in [0, 0.05) is 18.1 Å². The minimum atomic E-state index is -0.113. The predicted molar refractivity (Wildman–Crippen MR) is 97.2 cm³/mol. The maximum absolute atomic E-state index is 9.53. The Morgan fingerprint density at radius 2 is 1.74 bits per heavy atom. The van der Waals surface area contributed by atoms with Gasteiger partial charge in [0.1, 0.15) is 5.50 Å². The molecule has 0 spiro atoms. The molecule has 23 heavy (non-hydrogen) atoms. The van der Waals surface area contributed by atoms with Crippen molar-refractivity contribution in [1.82, 2.24) is 10.2 Å². The van der Waals surface area contributed by atoms with E-state index in [0.29, 0.717) is 6.54 Å². The fourth-order valence-electron chi connectivity index (χ4n) is 2.19. The van der Waals surface area contributed by atoms with Crippen LogP contribution in [0.2, 0.25) is 5.02 Å². The van der Waals surface area contributed by atoms with Gasteiger partial charge in [0.05, 0.1) is 0 Å². The number of nitrogens with zero attached hydrogens (tertiary/aromatic N) is 1. The van der Waals surface area contributed by atoms with Gasteiger partial charge in [-0.15, -0.1) is 12.6 Å². The van der Waals surface area contributed by atoms with Crippen molar-refractivity contribution in [2.45, 2.75) is 18.5 Å². The van der Waals surface area contributed by atoms with Crippen molar-refractivity contribution in [2.24, 2.45) is 0 Å². The molecular formula is C17H21ClN2O2S. The van der Waals surface area contributed by atoms with E-state index in [0.717, 1.165) is 23.6 Å². The van der Waals surface area contributed by atoms with E-state index in [1.54, 1.807) is 12.1 Å². The molecule has 4 nitrogen and oxygen atoms in total. The van der Waals surface area contributed by atoms with Crippen LogP contribution in [0, 0.1) is 0 Å². The van der Waals surface area contributed by atoms with Crippen LogP contribution >= 0.6 is 24.2 Å². The minimum absolute atomic E-state index is 0.109. The lowest BCUT2D eigenvalue weighted by Gasteiger charge is -2.25. The Balaban J connectivity index is 1.79. The van der Waals surface area contributed by atoms with Crippen molar-refractivity contribution in [2.75, 3.05) is 13.6 Å². The topological polar surface area (TPSA) is 55.7 Å². The molecule has 0 radical (unpaired) electrons. The summed E-state index contributed by atoms with van der Waals surface area (Å²) in [5.41, 5.74) is 2.01. The SMILES string of the molecule is CN(Cc1ccc(O)c(O)c1)C(S)NCCc1ccc(Cl)cc1. The number of hydrogen-bond acceptors (Lipinski definition) is 5. The zero-order valence-corrected chi connectivity index (χ0v) is 14.6. The Morgan fingerprint density at radius 3 is 2.39 bits per heavy atom. The molecule has 0 heterocycles. The smallest absolute Gasteiger partial charge is 0.157 e. The summed E-state index contributed by atoms with van der Waals surface area (Å²) in [5, 5.41) is 22.9. The number of phenols is 2. The standard InChI is InChI=1S/C17H21ClN2O2S/c1-20(11-13-4-7-15(21)16(22)10-13)17(23)19-9-8-12-2-5-14(18)6-3-12/h2-7,10,17,19,21-23H,8-9,11H2,1H3. The third kappa shape index (κ3) is 5.62. The monoisotopic (exact) mass is 352 g/mol.